The lowest BCUT2D eigenvalue weighted by Gasteiger charge is -2.11. The van der Waals surface area contributed by atoms with E-state index in [1.54, 1.807) is 4.57 Å². The molecule has 6 nitrogen and oxygen atoms in total. The van der Waals surface area contributed by atoms with E-state index >= 15 is 0 Å². The minimum absolute atomic E-state index is 0.0547. The summed E-state index contributed by atoms with van der Waals surface area (Å²) in [5, 5.41) is 7.55. The van der Waals surface area contributed by atoms with Crippen LogP contribution in [-0.4, -0.2) is 23.2 Å². The first-order valence-corrected chi connectivity index (χ1v) is 8.65. The van der Waals surface area contributed by atoms with E-state index in [2.05, 4.69) is 14.9 Å². The molecule has 0 atom stereocenters. The van der Waals surface area contributed by atoms with Gasteiger partial charge in [0.2, 0.25) is 5.95 Å². The molecule has 0 bridgehead atoms. The lowest BCUT2D eigenvalue weighted by molar-refractivity contribution is 0.590. The summed E-state index contributed by atoms with van der Waals surface area (Å²) < 4.78 is 42.6. The van der Waals surface area contributed by atoms with Crippen LogP contribution in [0.15, 0.2) is 59.8 Å². The molecule has 2 aromatic carbocycles. The van der Waals surface area contributed by atoms with Crippen LogP contribution in [0.25, 0.3) is 0 Å². The molecule has 24 heavy (non-hydrogen) atoms. The van der Waals surface area contributed by atoms with Gasteiger partial charge in [-0.25, -0.2) is 17.5 Å². The predicted octanol–water partition coefficient (Wildman–Crippen LogP) is 2.57. The van der Waals surface area contributed by atoms with Gasteiger partial charge in [-0.3, -0.25) is 4.57 Å². The molecule has 8 heteroatoms. The highest BCUT2D eigenvalue weighted by Gasteiger charge is 2.21. The Morgan fingerprint density at radius 3 is 2.62 bits per heavy atom. The Balaban J connectivity index is 1.89. The number of sulfonamides is 1. The lowest BCUT2D eigenvalue weighted by Crippen LogP contribution is -2.18. The highest BCUT2D eigenvalue weighted by atomic mass is 32.2. The smallest absolute Gasteiger partial charge is 0.264 e. The number of rotatable bonds is 5. The molecule has 3 aromatic rings. The van der Waals surface area contributed by atoms with Crippen molar-refractivity contribution in [2.45, 2.75) is 18.4 Å². The van der Waals surface area contributed by atoms with Gasteiger partial charge in [0, 0.05) is 5.56 Å². The maximum absolute atomic E-state index is 13.6. The molecule has 0 fully saturated rings. The minimum Gasteiger partial charge on any atom is -0.295 e. The number of benzene rings is 2. The van der Waals surface area contributed by atoms with Crippen LogP contribution < -0.4 is 4.72 Å². The zero-order valence-electron chi connectivity index (χ0n) is 12.8. The number of halogens is 1. The fraction of sp³-hybridized carbons (Fsp3) is 0.125. The van der Waals surface area contributed by atoms with Crippen LogP contribution in [0.3, 0.4) is 0 Å². The van der Waals surface area contributed by atoms with Crippen LogP contribution in [-0.2, 0) is 16.6 Å². The van der Waals surface area contributed by atoms with E-state index in [4.69, 9.17) is 0 Å². The number of anilines is 1. The summed E-state index contributed by atoms with van der Waals surface area (Å²) in [5.74, 6) is -0.508. The molecule has 0 amide bonds. The topological polar surface area (TPSA) is 76.9 Å². The van der Waals surface area contributed by atoms with Crippen molar-refractivity contribution < 1.29 is 12.8 Å². The first kappa shape index (κ1) is 16.1. The quantitative estimate of drug-likeness (QED) is 0.770. The van der Waals surface area contributed by atoms with Crippen LogP contribution in [0.4, 0.5) is 10.3 Å². The summed E-state index contributed by atoms with van der Waals surface area (Å²) in [4.78, 5) is -0.128. The van der Waals surface area contributed by atoms with Crippen molar-refractivity contribution in [2.75, 3.05) is 4.72 Å². The van der Waals surface area contributed by atoms with Crippen molar-refractivity contribution in [3.63, 3.8) is 0 Å². The van der Waals surface area contributed by atoms with Crippen molar-refractivity contribution >= 4 is 16.0 Å². The van der Waals surface area contributed by atoms with Crippen molar-refractivity contribution in [3.05, 3.63) is 71.8 Å². The van der Waals surface area contributed by atoms with Gasteiger partial charge in [-0.15, -0.1) is 10.2 Å². The zero-order chi connectivity index (χ0) is 17.2. The predicted molar refractivity (Wildman–Crippen MR) is 87.5 cm³/mol. The second-order valence-corrected chi connectivity index (χ2v) is 6.89. The van der Waals surface area contributed by atoms with Crippen molar-refractivity contribution in [1.29, 1.82) is 0 Å². The van der Waals surface area contributed by atoms with Gasteiger partial charge in [0.1, 0.15) is 12.1 Å². The van der Waals surface area contributed by atoms with Crippen molar-refractivity contribution in [2.24, 2.45) is 0 Å². The average molecular weight is 346 g/mol. The number of hydrogen-bond acceptors (Lipinski definition) is 4. The van der Waals surface area contributed by atoms with E-state index in [0.717, 1.165) is 5.56 Å². The van der Waals surface area contributed by atoms with Crippen LogP contribution in [0.1, 0.15) is 11.1 Å². The van der Waals surface area contributed by atoms with Gasteiger partial charge >= 0.3 is 0 Å². The third-order valence-corrected chi connectivity index (χ3v) is 5.02. The molecular formula is C16H15FN4O2S. The Kier molecular flexibility index (Phi) is 4.30. The second kappa shape index (κ2) is 6.40. The fourth-order valence-electron chi connectivity index (χ4n) is 2.28. The summed E-state index contributed by atoms with van der Waals surface area (Å²) in [6.07, 6.45) is 1.43. The second-order valence-electron chi connectivity index (χ2n) is 5.24. The van der Waals surface area contributed by atoms with Gasteiger partial charge in [-0.1, -0.05) is 36.4 Å². The maximum Gasteiger partial charge on any atom is 0.264 e. The molecule has 0 spiro atoms. The molecule has 0 unspecified atom stereocenters. The highest BCUT2D eigenvalue weighted by molar-refractivity contribution is 7.92. The number of nitrogens with zero attached hydrogens (tertiary/aromatic N) is 3. The zero-order valence-corrected chi connectivity index (χ0v) is 13.7. The Bertz CT molecular complexity index is 955. The molecule has 0 aliphatic heterocycles. The van der Waals surface area contributed by atoms with E-state index in [1.807, 2.05) is 30.3 Å². The van der Waals surface area contributed by atoms with Gasteiger partial charge in [-0.05, 0) is 24.6 Å². The first-order valence-electron chi connectivity index (χ1n) is 7.17. The Hall–Kier alpha value is -2.74. The van der Waals surface area contributed by atoms with Crippen LogP contribution >= 0.6 is 0 Å². The molecule has 0 aliphatic rings. The summed E-state index contributed by atoms with van der Waals surface area (Å²) in [6.45, 7) is 1.83. The number of hydrogen-bond donors (Lipinski definition) is 1. The molecule has 1 N–H and O–H groups in total. The van der Waals surface area contributed by atoms with Gasteiger partial charge in [0.15, 0.2) is 0 Å². The lowest BCUT2D eigenvalue weighted by atomic mass is 10.2. The minimum atomic E-state index is -3.96. The Morgan fingerprint density at radius 2 is 1.88 bits per heavy atom. The molecule has 0 radical (unpaired) electrons. The van der Waals surface area contributed by atoms with Crippen molar-refractivity contribution in [3.8, 4) is 0 Å². The summed E-state index contributed by atoms with van der Waals surface area (Å²) in [7, 11) is -3.96. The normalized spacial score (nSPS) is 11.4. The van der Waals surface area contributed by atoms with E-state index in [1.165, 1.54) is 31.5 Å². The van der Waals surface area contributed by atoms with Gasteiger partial charge in [-0.2, -0.15) is 0 Å². The average Bonchev–Trinajstić information content (AvgIpc) is 2.97. The fourth-order valence-corrected chi connectivity index (χ4v) is 3.55. The molecule has 0 aliphatic carbocycles. The Labute approximate surface area is 139 Å². The summed E-state index contributed by atoms with van der Waals surface area (Å²) >= 11 is 0. The van der Waals surface area contributed by atoms with Gasteiger partial charge in [0.25, 0.3) is 10.0 Å². The monoisotopic (exact) mass is 346 g/mol. The van der Waals surface area contributed by atoms with Crippen LogP contribution in [0.5, 0.6) is 0 Å². The molecule has 0 saturated carbocycles. The summed E-state index contributed by atoms with van der Waals surface area (Å²) in [5.41, 5.74) is 1.03. The van der Waals surface area contributed by atoms with Crippen molar-refractivity contribution in [1.82, 2.24) is 14.8 Å². The molecule has 3 rings (SSSR count). The molecular weight excluding hydrogens is 331 g/mol. The largest absolute Gasteiger partial charge is 0.295 e. The van der Waals surface area contributed by atoms with Gasteiger partial charge in [0.05, 0.1) is 11.4 Å². The molecule has 124 valence electrons. The molecule has 1 heterocycles. The van der Waals surface area contributed by atoms with Gasteiger partial charge < -0.3 is 0 Å². The maximum atomic E-state index is 13.6. The molecule has 1 aromatic heterocycles. The third kappa shape index (κ3) is 3.28. The van der Waals surface area contributed by atoms with E-state index in [0.29, 0.717) is 6.54 Å². The first-order chi connectivity index (χ1) is 11.5. The van der Waals surface area contributed by atoms with E-state index in [-0.39, 0.29) is 16.4 Å². The SMILES string of the molecule is Cc1c(F)cccc1S(=O)(=O)Nc1nncn1Cc1ccccc1. The third-order valence-electron chi connectivity index (χ3n) is 3.54. The number of nitrogens with one attached hydrogen (secondary N) is 1. The summed E-state index contributed by atoms with van der Waals surface area (Å²) in [6, 6.07) is 13.4. The standard InChI is InChI=1S/C16H15FN4O2S/c1-12-14(17)8-5-9-15(12)24(22,23)20-16-19-18-11-21(16)10-13-6-3-2-4-7-13/h2-9,11H,10H2,1H3,(H,19,20). The Morgan fingerprint density at radius 1 is 1.12 bits per heavy atom. The van der Waals surface area contributed by atoms with Crippen LogP contribution in [0.2, 0.25) is 0 Å². The van der Waals surface area contributed by atoms with Crippen LogP contribution in [0, 0.1) is 12.7 Å². The van der Waals surface area contributed by atoms with E-state index < -0.39 is 15.8 Å². The molecule has 0 saturated heterocycles. The number of aromatic nitrogens is 3. The highest BCUT2D eigenvalue weighted by Crippen LogP contribution is 2.20. The van der Waals surface area contributed by atoms with E-state index in [9.17, 15) is 12.8 Å².